The summed E-state index contributed by atoms with van der Waals surface area (Å²) >= 11 is 0. The van der Waals surface area contributed by atoms with E-state index in [0.29, 0.717) is 6.16 Å². The zero-order chi connectivity index (χ0) is 8.74. The summed E-state index contributed by atoms with van der Waals surface area (Å²) in [5.41, 5.74) is 0. The highest BCUT2D eigenvalue weighted by atomic mass is 31.2. The summed E-state index contributed by atoms with van der Waals surface area (Å²) < 4.78 is 11.7. The van der Waals surface area contributed by atoms with E-state index in [1.807, 2.05) is 13.8 Å². The Morgan fingerprint density at radius 3 is 2.09 bits per heavy atom. The fourth-order valence-corrected chi connectivity index (χ4v) is 2.41. The third-order valence-electron chi connectivity index (χ3n) is 1.14. The van der Waals surface area contributed by atoms with Crippen molar-refractivity contribution in [1.29, 1.82) is 0 Å². The summed E-state index contributed by atoms with van der Waals surface area (Å²) in [6.45, 7) is 3.68. The van der Waals surface area contributed by atoms with E-state index in [-0.39, 0.29) is 0 Å². The molecule has 0 aromatic rings. The van der Waals surface area contributed by atoms with Crippen molar-refractivity contribution >= 4 is 7.14 Å². The van der Waals surface area contributed by atoms with Crippen molar-refractivity contribution in [1.82, 2.24) is 0 Å². The van der Waals surface area contributed by atoms with Gasteiger partial charge >= 0.3 is 0 Å². The Balaban J connectivity index is 4.56. The van der Waals surface area contributed by atoms with Crippen LogP contribution in [0.15, 0.2) is 23.8 Å². The Morgan fingerprint density at radius 1 is 1.36 bits per heavy atom. The zero-order valence-corrected chi connectivity index (χ0v) is 7.84. The van der Waals surface area contributed by atoms with E-state index in [1.54, 1.807) is 23.8 Å². The van der Waals surface area contributed by atoms with Crippen LogP contribution in [0, 0.1) is 12.3 Å². The number of rotatable bonds is 3. The molecule has 0 radical (unpaired) electrons. The molecule has 1 nitrogen and oxygen atoms in total. The maximum absolute atomic E-state index is 11.7. The molecule has 0 bridgehead atoms. The molecule has 0 saturated heterocycles. The molecule has 0 unspecified atom stereocenters. The van der Waals surface area contributed by atoms with E-state index < -0.39 is 7.14 Å². The van der Waals surface area contributed by atoms with Crippen LogP contribution >= 0.6 is 7.14 Å². The smallest absolute Gasteiger partial charge is 0.140 e. The van der Waals surface area contributed by atoms with Gasteiger partial charge in [0.2, 0.25) is 0 Å². The molecule has 0 aliphatic carbocycles. The van der Waals surface area contributed by atoms with E-state index in [4.69, 9.17) is 6.42 Å². The molecular formula is C9H13OP. The van der Waals surface area contributed by atoms with Crippen molar-refractivity contribution in [3.8, 4) is 12.3 Å². The molecule has 0 saturated carbocycles. The van der Waals surface area contributed by atoms with Crippen molar-refractivity contribution in [2.75, 3.05) is 6.16 Å². The summed E-state index contributed by atoms with van der Waals surface area (Å²) in [6.07, 6.45) is 8.96. The topological polar surface area (TPSA) is 17.1 Å². The first-order chi connectivity index (χ1) is 5.18. The summed E-state index contributed by atoms with van der Waals surface area (Å²) in [4.78, 5) is 0. The van der Waals surface area contributed by atoms with Crippen molar-refractivity contribution in [2.45, 2.75) is 13.8 Å². The van der Waals surface area contributed by atoms with Gasteiger partial charge in [-0.05, 0) is 25.5 Å². The summed E-state index contributed by atoms with van der Waals surface area (Å²) in [6, 6.07) is 0. The minimum Gasteiger partial charge on any atom is -0.314 e. The van der Waals surface area contributed by atoms with Crippen LogP contribution in [0.2, 0.25) is 0 Å². The first-order valence-corrected chi connectivity index (χ1v) is 5.51. The number of hydrogen-bond acceptors (Lipinski definition) is 1. The highest BCUT2D eigenvalue weighted by Crippen LogP contribution is 2.48. The van der Waals surface area contributed by atoms with Crippen LogP contribution in [0.3, 0.4) is 0 Å². The Morgan fingerprint density at radius 2 is 1.82 bits per heavy atom. The third kappa shape index (κ3) is 3.86. The van der Waals surface area contributed by atoms with Gasteiger partial charge in [0.25, 0.3) is 0 Å². The van der Waals surface area contributed by atoms with Crippen LogP contribution in [0.1, 0.15) is 13.8 Å². The van der Waals surface area contributed by atoms with Gasteiger partial charge in [0.05, 0.1) is 6.16 Å². The maximum Gasteiger partial charge on any atom is 0.140 e. The lowest BCUT2D eigenvalue weighted by Crippen LogP contribution is -1.77. The summed E-state index contributed by atoms with van der Waals surface area (Å²) in [5, 5.41) is 0. The molecule has 2 heteroatoms. The average Bonchev–Trinajstić information content (AvgIpc) is 1.88. The molecule has 0 spiro atoms. The molecule has 0 atom stereocenters. The van der Waals surface area contributed by atoms with Crippen LogP contribution in [-0.2, 0) is 4.57 Å². The Hall–Kier alpha value is -0.730. The first kappa shape index (κ1) is 10.3. The minimum absolute atomic E-state index is 0.321. The van der Waals surface area contributed by atoms with Gasteiger partial charge in [-0.25, -0.2) is 0 Å². The van der Waals surface area contributed by atoms with E-state index in [9.17, 15) is 4.57 Å². The van der Waals surface area contributed by atoms with Crippen LogP contribution in [0.25, 0.3) is 0 Å². The number of terminal acetylenes is 1. The Bertz CT molecular complexity index is 227. The number of hydrogen-bond donors (Lipinski definition) is 0. The average molecular weight is 168 g/mol. The highest BCUT2D eigenvalue weighted by molar-refractivity contribution is 7.70. The molecule has 0 fully saturated rings. The Labute approximate surface area is 68.6 Å². The molecule has 0 rings (SSSR count). The highest BCUT2D eigenvalue weighted by Gasteiger charge is 2.10. The molecule has 60 valence electrons. The van der Waals surface area contributed by atoms with Gasteiger partial charge in [-0.1, -0.05) is 18.1 Å². The fraction of sp³-hybridized carbons (Fsp3) is 0.333. The lowest BCUT2D eigenvalue weighted by molar-refractivity contribution is 0.588. The van der Waals surface area contributed by atoms with E-state index in [1.165, 1.54) is 0 Å². The summed E-state index contributed by atoms with van der Waals surface area (Å²) in [5.74, 6) is 5.79. The predicted molar refractivity (Wildman–Crippen MR) is 50.9 cm³/mol. The Kier molecular flexibility index (Phi) is 4.66. The second-order valence-electron chi connectivity index (χ2n) is 2.18. The first-order valence-electron chi connectivity index (χ1n) is 3.48. The van der Waals surface area contributed by atoms with Gasteiger partial charge in [-0.15, -0.1) is 6.42 Å². The normalized spacial score (nSPS) is 16.8. The second kappa shape index (κ2) is 4.99. The van der Waals surface area contributed by atoms with Crippen LogP contribution in [0.4, 0.5) is 0 Å². The third-order valence-corrected chi connectivity index (χ3v) is 3.42. The number of allylic oxidation sites excluding steroid dienone is 2. The van der Waals surface area contributed by atoms with Crippen molar-refractivity contribution < 1.29 is 4.57 Å². The van der Waals surface area contributed by atoms with E-state index in [0.717, 1.165) is 0 Å². The SMILES string of the molecule is C#CCP(=O)(C=CC)C=CC. The molecule has 0 N–H and O–H groups in total. The molecule has 0 aliphatic heterocycles. The maximum atomic E-state index is 11.7. The fourth-order valence-electron chi connectivity index (χ4n) is 0.802. The van der Waals surface area contributed by atoms with Gasteiger partial charge in [0.1, 0.15) is 7.14 Å². The van der Waals surface area contributed by atoms with Crippen molar-refractivity contribution in [3.63, 3.8) is 0 Å². The lowest BCUT2D eigenvalue weighted by atomic mass is 10.8. The molecule has 0 aromatic carbocycles. The van der Waals surface area contributed by atoms with Crippen LogP contribution in [0.5, 0.6) is 0 Å². The second-order valence-corrected chi connectivity index (χ2v) is 4.80. The largest absolute Gasteiger partial charge is 0.314 e. The molecule has 0 aliphatic rings. The monoisotopic (exact) mass is 168 g/mol. The standard InChI is InChI=1S/C9H13OP/c1-4-7-11(10,8-5-2)9-6-3/h1,5-6,8-9H,7H2,2-3H3. The van der Waals surface area contributed by atoms with Gasteiger partial charge in [-0.3, -0.25) is 0 Å². The quantitative estimate of drug-likeness (QED) is 0.467. The van der Waals surface area contributed by atoms with Crippen LogP contribution < -0.4 is 0 Å². The van der Waals surface area contributed by atoms with Gasteiger partial charge in [0, 0.05) is 0 Å². The molecule has 0 amide bonds. The molecular weight excluding hydrogens is 155 g/mol. The van der Waals surface area contributed by atoms with Crippen molar-refractivity contribution in [2.24, 2.45) is 0 Å². The van der Waals surface area contributed by atoms with Crippen LogP contribution in [-0.4, -0.2) is 6.16 Å². The molecule has 0 heterocycles. The lowest BCUT2D eigenvalue weighted by Gasteiger charge is -2.02. The minimum atomic E-state index is -2.32. The van der Waals surface area contributed by atoms with Gasteiger partial charge < -0.3 is 4.57 Å². The van der Waals surface area contributed by atoms with Gasteiger partial charge in [0.15, 0.2) is 0 Å². The van der Waals surface area contributed by atoms with E-state index in [2.05, 4.69) is 5.92 Å². The van der Waals surface area contributed by atoms with Gasteiger partial charge in [-0.2, -0.15) is 0 Å². The zero-order valence-electron chi connectivity index (χ0n) is 6.95. The summed E-state index contributed by atoms with van der Waals surface area (Å²) in [7, 11) is -2.32. The molecule has 11 heavy (non-hydrogen) atoms. The predicted octanol–water partition coefficient (Wildman–Crippen LogP) is 3.05. The van der Waals surface area contributed by atoms with E-state index >= 15 is 0 Å². The van der Waals surface area contributed by atoms with Crippen molar-refractivity contribution in [3.05, 3.63) is 23.8 Å². The molecule has 0 aromatic heterocycles.